The van der Waals surface area contributed by atoms with Crippen LogP contribution in [0, 0.1) is 5.92 Å². The minimum atomic E-state index is 0.414. The van der Waals surface area contributed by atoms with Gasteiger partial charge in [0.15, 0.2) is 0 Å². The van der Waals surface area contributed by atoms with Gasteiger partial charge in [-0.2, -0.15) is 0 Å². The first-order chi connectivity index (χ1) is 9.31. The zero-order valence-corrected chi connectivity index (χ0v) is 11.9. The number of aryl methyl sites for hydroxylation is 1. The van der Waals surface area contributed by atoms with Gasteiger partial charge in [-0.15, -0.1) is 0 Å². The molecule has 0 amide bonds. The van der Waals surface area contributed by atoms with Crippen molar-refractivity contribution >= 4 is 11.0 Å². The molecule has 3 rings (SSSR count). The topological polar surface area (TPSA) is 25.2 Å². The lowest BCUT2D eigenvalue weighted by atomic mass is 10.1. The third-order valence-corrected chi connectivity index (χ3v) is 4.02. The number of nitrogens with one attached hydrogen (secondary N) is 1. The fourth-order valence-corrected chi connectivity index (χ4v) is 2.72. The van der Waals surface area contributed by atoms with E-state index >= 15 is 0 Å². The molecule has 0 bridgehead atoms. The third kappa shape index (κ3) is 2.69. The lowest BCUT2D eigenvalue weighted by Gasteiger charge is -2.14. The van der Waals surface area contributed by atoms with Crippen LogP contribution in [0.1, 0.15) is 50.5 Å². The Morgan fingerprint density at radius 3 is 2.79 bits per heavy atom. The number of benzene rings is 1. The number of hydrogen-bond acceptors (Lipinski definition) is 2. The van der Waals surface area contributed by atoms with Crippen LogP contribution >= 0.6 is 0 Å². The zero-order chi connectivity index (χ0) is 13.2. The summed E-state index contributed by atoms with van der Waals surface area (Å²) in [6.45, 7) is 5.47. The molecule has 1 N–H and O–H groups in total. The van der Waals surface area contributed by atoms with Gasteiger partial charge in [-0.25, -0.2) is 0 Å². The highest BCUT2D eigenvalue weighted by Gasteiger charge is 2.33. The monoisotopic (exact) mass is 257 g/mol. The van der Waals surface area contributed by atoms with Crippen LogP contribution in [0.3, 0.4) is 0 Å². The van der Waals surface area contributed by atoms with E-state index in [9.17, 15) is 0 Å². The summed E-state index contributed by atoms with van der Waals surface area (Å²) in [6.07, 6.45) is 4.91. The number of rotatable bonds is 6. The Bertz CT molecular complexity index is 553. The summed E-state index contributed by atoms with van der Waals surface area (Å²) in [5, 5.41) is 4.89. The molecule has 1 atom stereocenters. The second-order valence-corrected chi connectivity index (χ2v) is 5.64. The van der Waals surface area contributed by atoms with Crippen molar-refractivity contribution in [2.75, 3.05) is 6.54 Å². The molecule has 1 aliphatic rings. The Hall–Kier alpha value is -1.28. The van der Waals surface area contributed by atoms with Crippen molar-refractivity contribution < 1.29 is 4.42 Å². The van der Waals surface area contributed by atoms with E-state index in [4.69, 9.17) is 4.42 Å². The molecule has 1 unspecified atom stereocenters. The van der Waals surface area contributed by atoms with E-state index in [1.54, 1.807) is 0 Å². The second-order valence-electron chi connectivity index (χ2n) is 5.64. The van der Waals surface area contributed by atoms with Crippen molar-refractivity contribution in [3.63, 3.8) is 0 Å². The van der Waals surface area contributed by atoms with E-state index in [1.165, 1.54) is 30.2 Å². The molecule has 1 heterocycles. The fourth-order valence-electron chi connectivity index (χ4n) is 2.72. The summed E-state index contributed by atoms with van der Waals surface area (Å²) < 4.78 is 6.07. The summed E-state index contributed by atoms with van der Waals surface area (Å²) in [5.41, 5.74) is 2.40. The van der Waals surface area contributed by atoms with E-state index < -0.39 is 0 Å². The van der Waals surface area contributed by atoms with Gasteiger partial charge < -0.3 is 9.73 Å². The van der Waals surface area contributed by atoms with Gasteiger partial charge in [-0.3, -0.25) is 0 Å². The van der Waals surface area contributed by atoms with Crippen molar-refractivity contribution in [2.24, 2.45) is 5.92 Å². The number of fused-ring (bicyclic) bond motifs is 1. The first kappa shape index (κ1) is 12.7. The molecule has 102 valence electrons. The SMILES string of the molecule is CCCNC(c1cc2cc(CC)ccc2o1)C1CC1. The van der Waals surface area contributed by atoms with Gasteiger partial charge in [-0.05, 0) is 61.9 Å². The molecule has 0 radical (unpaired) electrons. The van der Waals surface area contributed by atoms with Crippen molar-refractivity contribution in [3.8, 4) is 0 Å². The summed E-state index contributed by atoms with van der Waals surface area (Å²) in [4.78, 5) is 0. The Morgan fingerprint density at radius 2 is 2.11 bits per heavy atom. The quantitative estimate of drug-likeness (QED) is 0.827. The number of furan rings is 1. The maximum atomic E-state index is 6.07. The second kappa shape index (κ2) is 5.38. The van der Waals surface area contributed by atoms with Crippen molar-refractivity contribution in [1.29, 1.82) is 0 Å². The maximum Gasteiger partial charge on any atom is 0.134 e. The van der Waals surface area contributed by atoms with Gasteiger partial charge in [0, 0.05) is 5.39 Å². The molecular weight excluding hydrogens is 234 g/mol. The molecule has 1 saturated carbocycles. The average molecular weight is 257 g/mol. The highest BCUT2D eigenvalue weighted by Crippen LogP contribution is 2.42. The molecule has 2 heteroatoms. The van der Waals surface area contributed by atoms with Gasteiger partial charge >= 0.3 is 0 Å². The average Bonchev–Trinajstić information content (AvgIpc) is 3.17. The van der Waals surface area contributed by atoms with Gasteiger partial charge in [0.2, 0.25) is 0 Å². The molecular formula is C17H23NO. The van der Waals surface area contributed by atoms with E-state index in [-0.39, 0.29) is 0 Å². The van der Waals surface area contributed by atoms with Gasteiger partial charge in [-0.1, -0.05) is 19.9 Å². The normalized spacial score (nSPS) is 16.9. The smallest absolute Gasteiger partial charge is 0.134 e. The molecule has 0 spiro atoms. The van der Waals surface area contributed by atoms with Gasteiger partial charge in [0.05, 0.1) is 6.04 Å². The lowest BCUT2D eigenvalue weighted by Crippen LogP contribution is -2.23. The molecule has 2 nitrogen and oxygen atoms in total. The fraction of sp³-hybridized carbons (Fsp3) is 0.529. The highest BCUT2D eigenvalue weighted by molar-refractivity contribution is 5.78. The molecule has 1 aromatic heterocycles. The summed E-state index contributed by atoms with van der Waals surface area (Å²) in [6, 6.07) is 9.19. The third-order valence-electron chi connectivity index (χ3n) is 4.02. The highest BCUT2D eigenvalue weighted by atomic mass is 16.3. The maximum absolute atomic E-state index is 6.07. The van der Waals surface area contributed by atoms with E-state index in [1.807, 2.05) is 0 Å². The summed E-state index contributed by atoms with van der Waals surface area (Å²) in [7, 11) is 0. The largest absolute Gasteiger partial charge is 0.459 e. The Labute approximate surface area is 115 Å². The van der Waals surface area contributed by atoms with Crippen molar-refractivity contribution in [1.82, 2.24) is 5.32 Å². The van der Waals surface area contributed by atoms with Gasteiger partial charge in [0.1, 0.15) is 11.3 Å². The minimum Gasteiger partial charge on any atom is -0.459 e. The Kier molecular flexibility index (Phi) is 3.61. The van der Waals surface area contributed by atoms with Crippen LogP contribution in [-0.4, -0.2) is 6.54 Å². The van der Waals surface area contributed by atoms with Crippen LogP contribution in [0.25, 0.3) is 11.0 Å². The first-order valence-electron chi connectivity index (χ1n) is 7.57. The van der Waals surface area contributed by atoms with Crippen LogP contribution in [0.5, 0.6) is 0 Å². The van der Waals surface area contributed by atoms with E-state index in [2.05, 4.69) is 43.4 Å². The number of hydrogen-bond donors (Lipinski definition) is 1. The molecule has 1 fully saturated rings. The zero-order valence-electron chi connectivity index (χ0n) is 11.9. The van der Waals surface area contributed by atoms with E-state index in [0.29, 0.717) is 6.04 Å². The minimum absolute atomic E-state index is 0.414. The van der Waals surface area contributed by atoms with Crippen LogP contribution in [0.15, 0.2) is 28.7 Å². The Balaban J connectivity index is 1.89. The van der Waals surface area contributed by atoms with Crippen LogP contribution in [-0.2, 0) is 6.42 Å². The predicted molar refractivity (Wildman–Crippen MR) is 79.4 cm³/mol. The lowest BCUT2D eigenvalue weighted by molar-refractivity contribution is 0.396. The van der Waals surface area contributed by atoms with Crippen LogP contribution in [0.2, 0.25) is 0 Å². The van der Waals surface area contributed by atoms with Crippen molar-refractivity contribution in [3.05, 3.63) is 35.6 Å². The molecule has 0 aliphatic heterocycles. The first-order valence-corrected chi connectivity index (χ1v) is 7.57. The van der Waals surface area contributed by atoms with E-state index in [0.717, 1.165) is 30.2 Å². The molecule has 1 aromatic carbocycles. The van der Waals surface area contributed by atoms with Crippen LogP contribution < -0.4 is 5.32 Å². The Morgan fingerprint density at radius 1 is 1.26 bits per heavy atom. The molecule has 19 heavy (non-hydrogen) atoms. The summed E-state index contributed by atoms with van der Waals surface area (Å²) >= 11 is 0. The molecule has 1 aliphatic carbocycles. The van der Waals surface area contributed by atoms with Gasteiger partial charge in [0.25, 0.3) is 0 Å². The van der Waals surface area contributed by atoms with Crippen molar-refractivity contribution in [2.45, 2.75) is 45.6 Å². The standard InChI is InChI=1S/C17H23NO/c1-3-9-18-17(13-6-7-13)16-11-14-10-12(4-2)5-8-15(14)19-16/h5,8,10-11,13,17-18H,3-4,6-7,9H2,1-2H3. The summed E-state index contributed by atoms with van der Waals surface area (Å²) in [5.74, 6) is 1.90. The molecule has 0 saturated heterocycles. The predicted octanol–water partition coefficient (Wildman–Crippen LogP) is 4.45. The molecule has 2 aromatic rings. The van der Waals surface area contributed by atoms with Crippen LogP contribution in [0.4, 0.5) is 0 Å².